The van der Waals surface area contributed by atoms with Crippen LogP contribution >= 0.6 is 0 Å². The van der Waals surface area contributed by atoms with Crippen molar-refractivity contribution < 1.29 is 14.2 Å². The van der Waals surface area contributed by atoms with Crippen LogP contribution in [0.4, 0.5) is 0 Å². The third-order valence-corrected chi connectivity index (χ3v) is 3.23. The Balaban J connectivity index is 2.17. The second kappa shape index (κ2) is 4.82. The van der Waals surface area contributed by atoms with Gasteiger partial charge in [0.05, 0.1) is 12.1 Å². The minimum absolute atomic E-state index is 0.0706. The van der Waals surface area contributed by atoms with Crippen LogP contribution in [0, 0.1) is 0 Å². The number of hydrogen-bond acceptors (Lipinski definition) is 4. The Bertz CT molecular complexity index is 306. The predicted octanol–water partition coefficient (Wildman–Crippen LogP) is 1.23. The van der Waals surface area contributed by atoms with E-state index in [2.05, 4.69) is 16.8 Å². The van der Waals surface area contributed by atoms with Gasteiger partial charge in [0.2, 0.25) is 0 Å². The number of fused-ring (bicyclic) bond motifs is 1. The van der Waals surface area contributed by atoms with E-state index in [0.717, 1.165) is 6.42 Å². The maximum absolute atomic E-state index is 5.87. The SMILES string of the molecule is COC1O[C@H](C)C[C@H]2[C@H]1O/C(=N/C(C)C)N2C. The number of amidine groups is 1. The summed E-state index contributed by atoms with van der Waals surface area (Å²) < 4.78 is 16.9. The zero-order valence-electron chi connectivity index (χ0n) is 11.2. The molecule has 0 radical (unpaired) electrons. The summed E-state index contributed by atoms with van der Waals surface area (Å²) in [5.74, 6) is 0. The van der Waals surface area contributed by atoms with E-state index in [4.69, 9.17) is 14.2 Å². The molecule has 0 spiro atoms. The highest BCUT2D eigenvalue weighted by molar-refractivity contribution is 5.76. The van der Waals surface area contributed by atoms with Gasteiger partial charge in [-0.1, -0.05) is 0 Å². The van der Waals surface area contributed by atoms with Gasteiger partial charge in [0.1, 0.15) is 0 Å². The van der Waals surface area contributed by atoms with E-state index in [-0.39, 0.29) is 24.5 Å². The predicted molar refractivity (Wildman–Crippen MR) is 65.0 cm³/mol. The van der Waals surface area contributed by atoms with Crippen LogP contribution in [0.1, 0.15) is 27.2 Å². The summed E-state index contributed by atoms with van der Waals surface area (Å²) in [7, 11) is 3.68. The summed E-state index contributed by atoms with van der Waals surface area (Å²) in [6, 6.07) is 1.22. The van der Waals surface area contributed by atoms with Gasteiger partial charge in [-0.25, -0.2) is 4.99 Å². The highest BCUT2D eigenvalue weighted by atomic mass is 16.7. The van der Waals surface area contributed by atoms with Gasteiger partial charge in [-0.2, -0.15) is 0 Å². The number of hydrogen-bond donors (Lipinski definition) is 0. The number of rotatable bonds is 2. The average Bonchev–Trinajstić information content (AvgIpc) is 2.55. The van der Waals surface area contributed by atoms with Crippen LogP contribution in [0.25, 0.3) is 0 Å². The lowest BCUT2D eigenvalue weighted by atomic mass is 10.0. The molecule has 17 heavy (non-hydrogen) atoms. The van der Waals surface area contributed by atoms with Crippen LogP contribution in [0.2, 0.25) is 0 Å². The van der Waals surface area contributed by atoms with E-state index in [1.807, 2.05) is 20.9 Å². The maximum Gasteiger partial charge on any atom is 0.288 e. The molecule has 5 heteroatoms. The average molecular weight is 242 g/mol. The minimum atomic E-state index is -0.300. The van der Waals surface area contributed by atoms with Crippen molar-refractivity contribution >= 4 is 6.02 Å². The molecule has 2 fully saturated rings. The zero-order chi connectivity index (χ0) is 12.6. The van der Waals surface area contributed by atoms with Crippen molar-refractivity contribution in [1.82, 2.24) is 4.90 Å². The fourth-order valence-electron chi connectivity index (χ4n) is 2.41. The number of aliphatic imine (C=N–C) groups is 1. The number of methoxy groups -OCH3 is 1. The van der Waals surface area contributed by atoms with Gasteiger partial charge in [-0.05, 0) is 27.2 Å². The van der Waals surface area contributed by atoms with Gasteiger partial charge in [-0.3, -0.25) is 0 Å². The Morgan fingerprint density at radius 3 is 2.76 bits per heavy atom. The van der Waals surface area contributed by atoms with Crippen molar-refractivity contribution in [3.63, 3.8) is 0 Å². The van der Waals surface area contributed by atoms with E-state index < -0.39 is 0 Å². The molecule has 0 aromatic carbocycles. The Morgan fingerprint density at radius 1 is 1.47 bits per heavy atom. The number of ether oxygens (including phenoxy) is 3. The Kier molecular flexibility index (Phi) is 3.58. The zero-order valence-corrected chi connectivity index (χ0v) is 11.2. The van der Waals surface area contributed by atoms with E-state index in [1.165, 1.54) is 0 Å². The Labute approximate surface area is 103 Å². The highest BCUT2D eigenvalue weighted by Crippen LogP contribution is 2.31. The summed E-state index contributed by atoms with van der Waals surface area (Å²) in [6.07, 6.45) is 0.758. The lowest BCUT2D eigenvalue weighted by molar-refractivity contribution is -0.223. The fourth-order valence-corrected chi connectivity index (χ4v) is 2.41. The molecule has 2 rings (SSSR count). The van der Waals surface area contributed by atoms with Gasteiger partial charge in [0.25, 0.3) is 6.02 Å². The third-order valence-electron chi connectivity index (χ3n) is 3.23. The standard InChI is InChI=1S/C12H22N2O3/c1-7(2)13-12-14(4)9-6-8(3)16-11(15-5)10(9)17-12/h7-11H,6H2,1-5H3/b13-12+/t8-,9+,10-,11?/m1/s1. The number of likely N-dealkylation sites (N-methyl/N-ethyl adjacent to an activating group) is 1. The molecule has 5 nitrogen and oxygen atoms in total. The van der Waals surface area contributed by atoms with Crippen LogP contribution in [0.15, 0.2) is 4.99 Å². The van der Waals surface area contributed by atoms with Gasteiger partial charge >= 0.3 is 0 Å². The molecular weight excluding hydrogens is 220 g/mol. The third kappa shape index (κ3) is 2.40. The van der Waals surface area contributed by atoms with Crippen LogP contribution < -0.4 is 0 Å². The summed E-state index contributed by atoms with van der Waals surface area (Å²) in [6.45, 7) is 6.14. The fraction of sp³-hybridized carbons (Fsp3) is 0.917. The van der Waals surface area contributed by atoms with Crippen molar-refractivity contribution in [2.24, 2.45) is 4.99 Å². The molecule has 0 aromatic heterocycles. The highest BCUT2D eigenvalue weighted by Gasteiger charge is 2.48. The van der Waals surface area contributed by atoms with E-state index in [1.54, 1.807) is 7.11 Å². The molecule has 2 aliphatic rings. The van der Waals surface area contributed by atoms with Crippen LogP contribution in [-0.4, -0.2) is 55.7 Å². The molecule has 2 aliphatic heterocycles. The Morgan fingerprint density at radius 2 is 2.18 bits per heavy atom. The molecule has 0 N–H and O–H groups in total. The normalized spacial score (nSPS) is 39.6. The molecule has 0 saturated carbocycles. The maximum atomic E-state index is 5.87. The van der Waals surface area contributed by atoms with E-state index >= 15 is 0 Å². The van der Waals surface area contributed by atoms with Crippen molar-refractivity contribution in [3.8, 4) is 0 Å². The molecule has 4 atom stereocenters. The van der Waals surface area contributed by atoms with E-state index in [9.17, 15) is 0 Å². The summed E-state index contributed by atoms with van der Waals surface area (Å²) in [4.78, 5) is 6.59. The molecule has 0 aromatic rings. The molecule has 0 bridgehead atoms. The second-order valence-corrected chi connectivity index (χ2v) is 5.05. The molecule has 0 amide bonds. The molecule has 98 valence electrons. The van der Waals surface area contributed by atoms with Crippen molar-refractivity contribution in [1.29, 1.82) is 0 Å². The van der Waals surface area contributed by atoms with Crippen LogP contribution in [0.3, 0.4) is 0 Å². The van der Waals surface area contributed by atoms with Crippen LogP contribution in [0.5, 0.6) is 0 Å². The molecule has 2 heterocycles. The van der Waals surface area contributed by atoms with Crippen LogP contribution in [-0.2, 0) is 14.2 Å². The first-order valence-electron chi connectivity index (χ1n) is 6.18. The van der Waals surface area contributed by atoms with Crippen molar-refractivity contribution in [2.75, 3.05) is 14.2 Å². The first kappa shape index (κ1) is 12.6. The largest absolute Gasteiger partial charge is 0.454 e. The van der Waals surface area contributed by atoms with Crippen molar-refractivity contribution in [2.45, 2.75) is 57.8 Å². The smallest absolute Gasteiger partial charge is 0.288 e. The quantitative estimate of drug-likeness (QED) is 0.730. The number of nitrogens with zero attached hydrogens (tertiary/aromatic N) is 2. The van der Waals surface area contributed by atoms with Crippen molar-refractivity contribution in [3.05, 3.63) is 0 Å². The monoisotopic (exact) mass is 242 g/mol. The van der Waals surface area contributed by atoms with Gasteiger partial charge < -0.3 is 19.1 Å². The molecular formula is C12H22N2O3. The van der Waals surface area contributed by atoms with E-state index in [0.29, 0.717) is 12.1 Å². The minimum Gasteiger partial charge on any atom is -0.454 e. The Hall–Kier alpha value is -0.810. The van der Waals surface area contributed by atoms with Gasteiger partial charge in [-0.15, -0.1) is 0 Å². The lowest BCUT2D eigenvalue weighted by Crippen LogP contribution is -2.49. The molecule has 0 aliphatic carbocycles. The molecule has 2 saturated heterocycles. The first-order valence-corrected chi connectivity index (χ1v) is 6.18. The van der Waals surface area contributed by atoms with Gasteiger partial charge in [0.15, 0.2) is 12.4 Å². The summed E-state index contributed by atoms with van der Waals surface area (Å²) in [5.41, 5.74) is 0. The van der Waals surface area contributed by atoms with Gasteiger partial charge in [0, 0.05) is 20.2 Å². The lowest BCUT2D eigenvalue weighted by Gasteiger charge is -2.35. The molecule has 1 unspecified atom stereocenters. The second-order valence-electron chi connectivity index (χ2n) is 5.05. The summed E-state index contributed by atoms with van der Waals surface area (Å²) in [5, 5.41) is 0. The topological polar surface area (TPSA) is 43.3 Å². The summed E-state index contributed by atoms with van der Waals surface area (Å²) >= 11 is 0. The first-order chi connectivity index (χ1) is 8.02.